The van der Waals surface area contributed by atoms with Gasteiger partial charge in [-0.05, 0) is 31.2 Å². The summed E-state index contributed by atoms with van der Waals surface area (Å²) in [5.74, 6) is 1.54. The maximum Gasteiger partial charge on any atom is 0.243 e. The fourth-order valence-electron chi connectivity index (χ4n) is 3.17. The van der Waals surface area contributed by atoms with E-state index in [0.717, 1.165) is 32.5 Å². The first-order chi connectivity index (χ1) is 13.4. The van der Waals surface area contributed by atoms with Crippen molar-refractivity contribution in [1.82, 2.24) is 15.5 Å². The molecular weight excluding hydrogens is 352 g/mol. The summed E-state index contributed by atoms with van der Waals surface area (Å²) < 4.78 is 6.12. The van der Waals surface area contributed by atoms with Gasteiger partial charge in [0.15, 0.2) is 5.96 Å². The molecule has 2 rings (SSSR count). The molecule has 1 amide bonds. The second-order valence-corrected chi connectivity index (χ2v) is 8.21. The van der Waals surface area contributed by atoms with Crippen LogP contribution in [-0.4, -0.2) is 57.1 Å². The van der Waals surface area contributed by atoms with Crippen molar-refractivity contribution in [2.45, 2.75) is 39.7 Å². The molecule has 2 unspecified atom stereocenters. The number of guanidine groups is 1. The van der Waals surface area contributed by atoms with Crippen LogP contribution in [0, 0.1) is 18.8 Å². The molecule has 1 aliphatic rings. The molecule has 0 aliphatic carbocycles. The quantitative estimate of drug-likeness (QED) is 0.557. The lowest BCUT2D eigenvalue weighted by molar-refractivity contribution is -0.127. The summed E-state index contributed by atoms with van der Waals surface area (Å²) >= 11 is 0. The first-order valence-electron chi connectivity index (χ1n) is 10.3. The minimum absolute atomic E-state index is 0.0100. The molecule has 6 heteroatoms. The Morgan fingerprint density at radius 3 is 2.61 bits per heavy atom. The maximum atomic E-state index is 11.9. The van der Waals surface area contributed by atoms with Gasteiger partial charge in [0.2, 0.25) is 5.91 Å². The average molecular weight is 389 g/mol. The molecule has 1 heterocycles. The van der Waals surface area contributed by atoms with Crippen molar-refractivity contribution >= 4 is 11.9 Å². The fourth-order valence-corrected chi connectivity index (χ4v) is 3.17. The van der Waals surface area contributed by atoms with E-state index in [0.29, 0.717) is 17.8 Å². The van der Waals surface area contributed by atoms with Crippen molar-refractivity contribution in [2.75, 3.05) is 40.3 Å². The Balaban J connectivity index is 2.02. The number of carbonyl (C=O) groups excluding carboxylic acids is 1. The molecule has 0 radical (unpaired) electrons. The van der Waals surface area contributed by atoms with E-state index in [1.807, 2.05) is 0 Å². The van der Waals surface area contributed by atoms with Crippen LogP contribution in [0.5, 0.6) is 0 Å². The van der Waals surface area contributed by atoms with E-state index in [9.17, 15) is 4.79 Å². The average Bonchev–Trinajstić information content (AvgIpc) is 2.67. The van der Waals surface area contributed by atoms with Crippen LogP contribution in [0.1, 0.15) is 43.9 Å². The van der Waals surface area contributed by atoms with Crippen molar-refractivity contribution in [3.63, 3.8) is 0 Å². The monoisotopic (exact) mass is 388 g/mol. The van der Waals surface area contributed by atoms with Crippen LogP contribution in [0.15, 0.2) is 29.3 Å². The summed E-state index contributed by atoms with van der Waals surface area (Å²) in [5, 5.41) is 6.78. The fraction of sp³-hybridized carbons (Fsp3) is 0.636. The molecule has 1 aromatic rings. The molecule has 1 fully saturated rings. The van der Waals surface area contributed by atoms with E-state index in [1.165, 1.54) is 11.1 Å². The Morgan fingerprint density at radius 1 is 1.25 bits per heavy atom. The highest BCUT2D eigenvalue weighted by atomic mass is 16.5. The smallest absolute Gasteiger partial charge is 0.243 e. The SMILES string of the molecule is Cc1ccc(C2OCCCC2CNC(=NCC(=O)N(C)C)NCC(C)C)cc1. The van der Waals surface area contributed by atoms with Gasteiger partial charge in [-0.3, -0.25) is 4.79 Å². The third-order valence-electron chi connectivity index (χ3n) is 4.93. The molecule has 0 bridgehead atoms. The largest absolute Gasteiger partial charge is 0.373 e. The van der Waals surface area contributed by atoms with Crippen molar-refractivity contribution in [2.24, 2.45) is 16.8 Å². The predicted octanol–water partition coefficient (Wildman–Crippen LogP) is 2.74. The third kappa shape index (κ3) is 7.15. The van der Waals surface area contributed by atoms with Gasteiger partial charge in [-0.1, -0.05) is 43.7 Å². The normalized spacial score (nSPS) is 20.1. The van der Waals surface area contributed by atoms with Gasteiger partial charge in [0.05, 0.1) is 6.10 Å². The number of ether oxygens (including phenoxy) is 1. The van der Waals surface area contributed by atoms with Gasteiger partial charge in [-0.15, -0.1) is 0 Å². The molecule has 1 aromatic carbocycles. The van der Waals surface area contributed by atoms with Gasteiger partial charge in [-0.2, -0.15) is 0 Å². The lowest BCUT2D eigenvalue weighted by Gasteiger charge is -2.32. The number of hydrogen-bond donors (Lipinski definition) is 2. The Kier molecular flexibility index (Phi) is 8.77. The summed E-state index contributed by atoms with van der Waals surface area (Å²) in [7, 11) is 3.50. The molecule has 28 heavy (non-hydrogen) atoms. The number of likely N-dealkylation sites (N-methyl/N-ethyl adjacent to an activating group) is 1. The van der Waals surface area contributed by atoms with Crippen molar-refractivity contribution < 1.29 is 9.53 Å². The van der Waals surface area contributed by atoms with E-state index >= 15 is 0 Å². The molecule has 0 aromatic heterocycles. The minimum atomic E-state index is -0.0100. The first kappa shape index (κ1) is 22.2. The van der Waals surface area contributed by atoms with Crippen LogP contribution in [0.2, 0.25) is 0 Å². The number of rotatable bonds is 7. The molecule has 156 valence electrons. The van der Waals surface area contributed by atoms with E-state index in [2.05, 4.69) is 60.7 Å². The number of carbonyl (C=O) groups is 1. The van der Waals surface area contributed by atoms with Gasteiger partial charge in [0.1, 0.15) is 6.54 Å². The summed E-state index contributed by atoms with van der Waals surface area (Å²) in [4.78, 5) is 17.9. The summed E-state index contributed by atoms with van der Waals surface area (Å²) in [6, 6.07) is 8.61. The number of nitrogens with zero attached hydrogens (tertiary/aromatic N) is 2. The van der Waals surface area contributed by atoms with Crippen LogP contribution in [0.4, 0.5) is 0 Å². The third-order valence-corrected chi connectivity index (χ3v) is 4.93. The van der Waals surface area contributed by atoms with Crippen molar-refractivity contribution in [3.05, 3.63) is 35.4 Å². The van der Waals surface area contributed by atoms with Crippen LogP contribution < -0.4 is 10.6 Å². The number of hydrogen-bond acceptors (Lipinski definition) is 3. The molecule has 2 atom stereocenters. The van der Waals surface area contributed by atoms with Crippen LogP contribution in [0.3, 0.4) is 0 Å². The molecule has 6 nitrogen and oxygen atoms in total. The zero-order valence-corrected chi connectivity index (χ0v) is 18.0. The lowest BCUT2D eigenvalue weighted by Crippen LogP contribution is -2.43. The molecular formula is C22H36N4O2. The lowest BCUT2D eigenvalue weighted by atomic mass is 9.89. The molecule has 0 saturated carbocycles. The molecule has 2 N–H and O–H groups in total. The summed E-state index contributed by atoms with van der Waals surface area (Å²) in [5.41, 5.74) is 2.49. The number of aliphatic imine (C=N–C) groups is 1. The number of amides is 1. The highest BCUT2D eigenvalue weighted by molar-refractivity contribution is 5.84. The highest BCUT2D eigenvalue weighted by Gasteiger charge is 2.27. The first-order valence-corrected chi connectivity index (χ1v) is 10.3. The minimum Gasteiger partial charge on any atom is -0.373 e. The maximum absolute atomic E-state index is 11.9. The number of benzene rings is 1. The van der Waals surface area contributed by atoms with Crippen LogP contribution in [0.25, 0.3) is 0 Å². The number of aryl methyl sites for hydroxylation is 1. The second kappa shape index (κ2) is 11.1. The Hall–Kier alpha value is -2.08. The Bertz CT molecular complexity index is 640. The van der Waals surface area contributed by atoms with Crippen molar-refractivity contribution in [3.8, 4) is 0 Å². The van der Waals surface area contributed by atoms with Gasteiger partial charge in [0, 0.05) is 39.7 Å². The van der Waals surface area contributed by atoms with E-state index < -0.39 is 0 Å². The van der Waals surface area contributed by atoms with E-state index in [4.69, 9.17) is 4.74 Å². The van der Waals surface area contributed by atoms with Gasteiger partial charge in [0.25, 0.3) is 0 Å². The Morgan fingerprint density at radius 2 is 1.96 bits per heavy atom. The van der Waals surface area contributed by atoms with Gasteiger partial charge in [-0.25, -0.2) is 4.99 Å². The standard InChI is InChI=1S/C22H36N4O2/c1-16(2)13-23-22(25-15-20(27)26(4)5)24-14-19-7-6-12-28-21(19)18-10-8-17(3)9-11-18/h8-11,16,19,21H,6-7,12-15H2,1-5H3,(H2,23,24,25). The topological polar surface area (TPSA) is 66.0 Å². The van der Waals surface area contributed by atoms with E-state index in [1.54, 1.807) is 19.0 Å². The number of nitrogens with one attached hydrogen (secondary N) is 2. The highest BCUT2D eigenvalue weighted by Crippen LogP contribution is 2.33. The molecule has 1 saturated heterocycles. The zero-order chi connectivity index (χ0) is 20.5. The second-order valence-electron chi connectivity index (χ2n) is 8.21. The van der Waals surface area contributed by atoms with E-state index in [-0.39, 0.29) is 18.6 Å². The van der Waals surface area contributed by atoms with Gasteiger partial charge < -0.3 is 20.3 Å². The van der Waals surface area contributed by atoms with Crippen LogP contribution >= 0.6 is 0 Å². The van der Waals surface area contributed by atoms with Crippen molar-refractivity contribution in [1.29, 1.82) is 0 Å². The summed E-state index contributed by atoms with van der Waals surface area (Å²) in [6.07, 6.45) is 2.27. The summed E-state index contributed by atoms with van der Waals surface area (Å²) in [6.45, 7) is 8.92. The Labute approximate surface area is 169 Å². The zero-order valence-electron chi connectivity index (χ0n) is 18.0. The predicted molar refractivity (Wildman–Crippen MR) is 114 cm³/mol. The molecule has 1 aliphatic heterocycles. The van der Waals surface area contributed by atoms with Gasteiger partial charge >= 0.3 is 0 Å². The molecule has 0 spiro atoms. The van der Waals surface area contributed by atoms with Crippen LogP contribution in [-0.2, 0) is 9.53 Å².